The summed E-state index contributed by atoms with van der Waals surface area (Å²) in [6, 6.07) is 11.0. The van der Waals surface area contributed by atoms with Gasteiger partial charge in [0.1, 0.15) is 0 Å². The van der Waals surface area contributed by atoms with Gasteiger partial charge in [0.2, 0.25) is 0 Å². The van der Waals surface area contributed by atoms with Gasteiger partial charge >= 0.3 is 0 Å². The molecule has 2 rings (SSSR count). The van der Waals surface area contributed by atoms with Crippen LogP contribution in [0.1, 0.15) is 31.9 Å². The molecule has 1 aromatic rings. The molecule has 1 aliphatic heterocycles. The second kappa shape index (κ2) is 6.10. The van der Waals surface area contributed by atoms with E-state index in [1.165, 1.54) is 12.0 Å². The van der Waals surface area contributed by atoms with E-state index in [4.69, 9.17) is 0 Å². The molecular weight excluding hydrogens is 228 g/mol. The van der Waals surface area contributed by atoms with Crippen LogP contribution in [-0.4, -0.2) is 17.5 Å². The average molecular weight is 248 g/mol. The number of nitrogens with one attached hydrogen (secondary N) is 1. The Balaban J connectivity index is 1.92. The third-order valence-electron chi connectivity index (χ3n) is 3.13. The second-order valence-electron chi connectivity index (χ2n) is 4.58. The second-order valence-corrected chi connectivity index (χ2v) is 5.59. The van der Waals surface area contributed by atoms with Crippen LogP contribution in [0, 0.1) is 5.92 Å². The van der Waals surface area contributed by atoms with E-state index in [0.717, 1.165) is 17.5 Å². The number of hydrogen-bond acceptors (Lipinski definition) is 2. The maximum absolute atomic E-state index is 4.64. The predicted octanol–water partition coefficient (Wildman–Crippen LogP) is 3.47. The Bertz CT molecular complexity index is 375. The van der Waals surface area contributed by atoms with E-state index in [2.05, 4.69) is 54.5 Å². The van der Waals surface area contributed by atoms with Crippen LogP contribution < -0.4 is 5.32 Å². The molecule has 2 atom stereocenters. The maximum atomic E-state index is 4.64. The lowest BCUT2D eigenvalue weighted by Gasteiger charge is -2.10. The molecule has 1 aromatic carbocycles. The molecule has 3 heteroatoms. The SMILES string of the molecule is CCC(C)CN=C1NC(c2ccccc2)CS1. The molecule has 0 spiro atoms. The summed E-state index contributed by atoms with van der Waals surface area (Å²) in [5, 5.41) is 4.61. The highest BCUT2D eigenvalue weighted by atomic mass is 32.2. The molecule has 1 N–H and O–H groups in total. The highest BCUT2D eigenvalue weighted by molar-refractivity contribution is 8.14. The van der Waals surface area contributed by atoms with Gasteiger partial charge in [0, 0.05) is 12.3 Å². The van der Waals surface area contributed by atoms with Crippen LogP contribution in [-0.2, 0) is 0 Å². The average Bonchev–Trinajstić information content (AvgIpc) is 2.86. The summed E-state index contributed by atoms with van der Waals surface area (Å²) in [6.07, 6.45) is 1.20. The Morgan fingerprint density at radius 3 is 2.88 bits per heavy atom. The molecule has 0 bridgehead atoms. The standard InChI is InChI=1S/C14H20N2S/c1-3-11(2)9-15-14-16-13(10-17-14)12-7-5-4-6-8-12/h4-8,11,13H,3,9-10H2,1-2H3,(H,15,16). The summed E-state index contributed by atoms with van der Waals surface area (Å²) < 4.78 is 0. The first-order valence-electron chi connectivity index (χ1n) is 6.28. The molecule has 17 heavy (non-hydrogen) atoms. The van der Waals surface area contributed by atoms with E-state index in [-0.39, 0.29) is 0 Å². The minimum atomic E-state index is 0.428. The van der Waals surface area contributed by atoms with E-state index in [9.17, 15) is 0 Å². The van der Waals surface area contributed by atoms with Gasteiger partial charge in [-0.25, -0.2) is 0 Å². The van der Waals surface area contributed by atoms with Crippen molar-refractivity contribution < 1.29 is 0 Å². The lowest BCUT2D eigenvalue weighted by Crippen LogP contribution is -2.19. The van der Waals surface area contributed by atoms with Gasteiger partial charge in [0.25, 0.3) is 0 Å². The molecule has 1 fully saturated rings. The number of rotatable bonds is 4. The van der Waals surface area contributed by atoms with Gasteiger partial charge in [-0.3, -0.25) is 4.99 Å². The Hall–Kier alpha value is -0.960. The fourth-order valence-corrected chi connectivity index (χ4v) is 2.71. The molecule has 1 heterocycles. The molecule has 0 saturated carbocycles. The zero-order chi connectivity index (χ0) is 12.1. The smallest absolute Gasteiger partial charge is 0.157 e. The van der Waals surface area contributed by atoms with Crippen LogP contribution in [0.25, 0.3) is 0 Å². The summed E-state index contributed by atoms with van der Waals surface area (Å²) in [6.45, 7) is 5.40. The van der Waals surface area contributed by atoms with Gasteiger partial charge in [-0.1, -0.05) is 62.4 Å². The van der Waals surface area contributed by atoms with Crippen molar-refractivity contribution in [2.45, 2.75) is 26.3 Å². The topological polar surface area (TPSA) is 24.4 Å². The number of aliphatic imine (C=N–C) groups is 1. The first-order valence-corrected chi connectivity index (χ1v) is 7.27. The summed E-state index contributed by atoms with van der Waals surface area (Å²) in [5.74, 6) is 1.77. The van der Waals surface area contributed by atoms with Crippen LogP contribution in [0.5, 0.6) is 0 Å². The lowest BCUT2D eigenvalue weighted by molar-refractivity contribution is 0.575. The zero-order valence-corrected chi connectivity index (χ0v) is 11.3. The van der Waals surface area contributed by atoms with E-state index in [0.29, 0.717) is 12.0 Å². The van der Waals surface area contributed by atoms with Gasteiger partial charge in [-0.2, -0.15) is 0 Å². The number of nitrogens with zero attached hydrogens (tertiary/aromatic N) is 1. The van der Waals surface area contributed by atoms with Crippen LogP contribution in [0.2, 0.25) is 0 Å². The van der Waals surface area contributed by atoms with E-state index in [1.807, 2.05) is 11.8 Å². The van der Waals surface area contributed by atoms with Crippen LogP contribution >= 0.6 is 11.8 Å². The largest absolute Gasteiger partial charge is 0.357 e. The summed E-state index contributed by atoms with van der Waals surface area (Å²) in [7, 11) is 0. The number of amidine groups is 1. The maximum Gasteiger partial charge on any atom is 0.157 e. The molecule has 1 aliphatic rings. The minimum absolute atomic E-state index is 0.428. The van der Waals surface area contributed by atoms with Crippen molar-refractivity contribution in [2.24, 2.45) is 10.9 Å². The lowest BCUT2D eigenvalue weighted by atomic mass is 10.1. The minimum Gasteiger partial charge on any atom is -0.357 e. The Morgan fingerprint density at radius 1 is 1.41 bits per heavy atom. The molecule has 1 saturated heterocycles. The highest BCUT2D eigenvalue weighted by Gasteiger charge is 2.21. The third kappa shape index (κ3) is 3.50. The third-order valence-corrected chi connectivity index (χ3v) is 4.15. The Kier molecular flexibility index (Phi) is 4.49. The normalized spacial score (nSPS) is 23.6. The van der Waals surface area contributed by atoms with Crippen molar-refractivity contribution >= 4 is 16.9 Å². The van der Waals surface area contributed by atoms with E-state index < -0.39 is 0 Å². The number of thioether (sulfide) groups is 1. The van der Waals surface area contributed by atoms with Gasteiger partial charge in [-0.05, 0) is 11.5 Å². The van der Waals surface area contributed by atoms with Crippen molar-refractivity contribution in [1.82, 2.24) is 5.32 Å². The number of hydrogen-bond donors (Lipinski definition) is 1. The summed E-state index contributed by atoms with van der Waals surface area (Å²) in [5.41, 5.74) is 1.36. The van der Waals surface area contributed by atoms with Crippen LogP contribution in [0.4, 0.5) is 0 Å². The van der Waals surface area contributed by atoms with Gasteiger partial charge < -0.3 is 5.32 Å². The molecule has 0 aliphatic carbocycles. The van der Waals surface area contributed by atoms with Gasteiger partial charge in [0.15, 0.2) is 5.17 Å². The molecule has 92 valence electrons. The van der Waals surface area contributed by atoms with Crippen molar-refractivity contribution in [3.63, 3.8) is 0 Å². The first kappa shape index (κ1) is 12.5. The van der Waals surface area contributed by atoms with Crippen LogP contribution in [0.15, 0.2) is 35.3 Å². The zero-order valence-electron chi connectivity index (χ0n) is 10.5. The Labute approximate surface area is 108 Å². The van der Waals surface area contributed by atoms with Crippen LogP contribution in [0.3, 0.4) is 0 Å². The predicted molar refractivity (Wildman–Crippen MR) is 76.5 cm³/mol. The Morgan fingerprint density at radius 2 is 2.18 bits per heavy atom. The van der Waals surface area contributed by atoms with Crippen molar-refractivity contribution in [2.75, 3.05) is 12.3 Å². The van der Waals surface area contributed by atoms with Crippen molar-refractivity contribution in [1.29, 1.82) is 0 Å². The first-order chi connectivity index (χ1) is 8.29. The summed E-state index contributed by atoms with van der Waals surface area (Å²) in [4.78, 5) is 4.64. The quantitative estimate of drug-likeness (QED) is 0.882. The van der Waals surface area contributed by atoms with Gasteiger partial charge in [0.05, 0.1) is 6.04 Å². The van der Waals surface area contributed by atoms with Gasteiger partial charge in [-0.15, -0.1) is 0 Å². The van der Waals surface area contributed by atoms with E-state index in [1.54, 1.807) is 0 Å². The number of benzene rings is 1. The molecule has 0 aromatic heterocycles. The highest BCUT2D eigenvalue weighted by Crippen LogP contribution is 2.25. The fourth-order valence-electron chi connectivity index (χ4n) is 1.72. The molecule has 0 radical (unpaired) electrons. The molecular formula is C14H20N2S. The van der Waals surface area contributed by atoms with Crippen molar-refractivity contribution in [3.05, 3.63) is 35.9 Å². The monoisotopic (exact) mass is 248 g/mol. The molecule has 2 unspecified atom stereocenters. The summed E-state index contributed by atoms with van der Waals surface area (Å²) >= 11 is 1.84. The van der Waals surface area contributed by atoms with E-state index >= 15 is 0 Å². The molecule has 0 amide bonds. The molecule has 2 nitrogen and oxygen atoms in total. The fraction of sp³-hybridized carbons (Fsp3) is 0.500. The van der Waals surface area contributed by atoms with Crippen molar-refractivity contribution in [3.8, 4) is 0 Å².